The van der Waals surface area contributed by atoms with Crippen LogP contribution in [0.1, 0.15) is 52.0 Å². The first-order chi connectivity index (χ1) is 19.5. The third kappa shape index (κ3) is 8.54. The van der Waals surface area contributed by atoms with Crippen LogP contribution < -0.4 is 31.6 Å². The molecular formula is C31H35N5O5. The fourth-order valence-electron chi connectivity index (χ4n) is 4.47. The minimum absolute atomic E-state index is 0.0367. The zero-order chi connectivity index (χ0) is 29.6. The van der Waals surface area contributed by atoms with Gasteiger partial charge in [-0.15, -0.1) is 0 Å². The third-order valence-electron chi connectivity index (χ3n) is 6.48. The summed E-state index contributed by atoms with van der Waals surface area (Å²) < 4.78 is 17.4. The SMILES string of the molecule is CC(C)(C)OC(=O)N[C@H]1CC[C@H](C(=O)Nc2cc(Oc3ccc(C#N)cc3)cc(Oc3ccc(N)c(N)c3)c2)CC1. The lowest BCUT2D eigenvalue weighted by molar-refractivity contribution is -0.120. The summed E-state index contributed by atoms with van der Waals surface area (Å²) in [5.74, 6) is 1.50. The van der Waals surface area contributed by atoms with Crippen LogP contribution in [0.15, 0.2) is 60.7 Å². The predicted molar refractivity (Wildman–Crippen MR) is 157 cm³/mol. The molecule has 0 spiro atoms. The summed E-state index contributed by atoms with van der Waals surface area (Å²) in [6.07, 6.45) is 2.15. The van der Waals surface area contributed by atoms with E-state index in [0.29, 0.717) is 71.3 Å². The Kier molecular flexibility index (Phi) is 8.87. The van der Waals surface area contributed by atoms with E-state index in [4.69, 9.17) is 30.9 Å². The van der Waals surface area contributed by atoms with Crippen LogP contribution >= 0.6 is 0 Å². The fourth-order valence-corrected chi connectivity index (χ4v) is 4.47. The molecule has 1 aliphatic carbocycles. The molecule has 0 heterocycles. The number of ether oxygens (including phenoxy) is 3. The van der Waals surface area contributed by atoms with Gasteiger partial charge in [0.05, 0.1) is 23.0 Å². The Morgan fingerprint density at radius 1 is 0.829 bits per heavy atom. The molecule has 41 heavy (non-hydrogen) atoms. The molecule has 1 fully saturated rings. The topological polar surface area (TPSA) is 162 Å². The third-order valence-corrected chi connectivity index (χ3v) is 6.48. The van der Waals surface area contributed by atoms with Crippen molar-refractivity contribution in [3.05, 3.63) is 66.2 Å². The number of alkyl carbamates (subject to hydrolysis) is 1. The Morgan fingerprint density at radius 2 is 1.44 bits per heavy atom. The number of nitrogens with zero attached hydrogens (tertiary/aromatic N) is 1. The van der Waals surface area contributed by atoms with Crippen molar-refractivity contribution < 1.29 is 23.8 Å². The summed E-state index contributed by atoms with van der Waals surface area (Å²) in [6.45, 7) is 5.46. The normalized spacial score (nSPS) is 16.6. The zero-order valence-electron chi connectivity index (χ0n) is 23.4. The van der Waals surface area contributed by atoms with Gasteiger partial charge in [0.15, 0.2) is 0 Å². The van der Waals surface area contributed by atoms with Gasteiger partial charge in [0, 0.05) is 41.9 Å². The van der Waals surface area contributed by atoms with Crippen molar-refractivity contribution in [2.75, 3.05) is 16.8 Å². The molecule has 10 heteroatoms. The van der Waals surface area contributed by atoms with Crippen molar-refractivity contribution in [1.82, 2.24) is 5.32 Å². The lowest BCUT2D eigenvalue weighted by Gasteiger charge is -2.29. The number of nitriles is 1. The maximum atomic E-state index is 13.2. The number of nitrogens with one attached hydrogen (secondary N) is 2. The van der Waals surface area contributed by atoms with Crippen molar-refractivity contribution in [3.8, 4) is 29.1 Å². The van der Waals surface area contributed by atoms with E-state index in [2.05, 4.69) is 16.7 Å². The molecule has 3 aromatic rings. The highest BCUT2D eigenvalue weighted by atomic mass is 16.6. The molecule has 0 aliphatic heterocycles. The number of nitrogens with two attached hydrogens (primary N) is 2. The summed E-state index contributed by atoms with van der Waals surface area (Å²) in [6, 6.07) is 18.8. The van der Waals surface area contributed by atoms with Gasteiger partial charge in [-0.2, -0.15) is 5.26 Å². The Bertz CT molecular complexity index is 1430. The van der Waals surface area contributed by atoms with E-state index in [0.717, 1.165) is 0 Å². The Morgan fingerprint density at radius 3 is 2.02 bits per heavy atom. The maximum absolute atomic E-state index is 13.2. The second-order valence-electron chi connectivity index (χ2n) is 11.0. The van der Waals surface area contributed by atoms with E-state index in [1.807, 2.05) is 20.8 Å². The van der Waals surface area contributed by atoms with E-state index >= 15 is 0 Å². The highest BCUT2D eigenvalue weighted by Crippen LogP contribution is 2.34. The van der Waals surface area contributed by atoms with Crippen LogP contribution in [0.3, 0.4) is 0 Å². The molecule has 0 saturated heterocycles. The number of nitrogen functional groups attached to an aromatic ring is 2. The molecule has 0 bridgehead atoms. The van der Waals surface area contributed by atoms with Gasteiger partial charge in [-0.3, -0.25) is 4.79 Å². The quantitative estimate of drug-likeness (QED) is 0.245. The van der Waals surface area contributed by atoms with Gasteiger partial charge in [-0.1, -0.05) is 0 Å². The number of anilines is 3. The van der Waals surface area contributed by atoms with Gasteiger partial charge in [-0.25, -0.2) is 4.79 Å². The second-order valence-corrected chi connectivity index (χ2v) is 11.0. The van der Waals surface area contributed by atoms with Crippen LogP contribution in [-0.2, 0) is 9.53 Å². The molecule has 0 radical (unpaired) electrons. The number of carbonyl (C=O) groups excluding carboxylic acids is 2. The molecule has 1 aliphatic rings. The highest BCUT2D eigenvalue weighted by molar-refractivity contribution is 5.93. The molecule has 10 nitrogen and oxygen atoms in total. The zero-order valence-corrected chi connectivity index (χ0v) is 23.4. The fraction of sp³-hybridized carbons (Fsp3) is 0.323. The molecule has 0 atom stereocenters. The number of rotatable bonds is 7. The molecular weight excluding hydrogens is 522 g/mol. The number of carbonyl (C=O) groups is 2. The van der Waals surface area contributed by atoms with Crippen LogP contribution in [-0.4, -0.2) is 23.6 Å². The van der Waals surface area contributed by atoms with Crippen LogP contribution in [0, 0.1) is 17.2 Å². The Labute approximate surface area is 239 Å². The lowest BCUT2D eigenvalue weighted by Crippen LogP contribution is -2.42. The standard InChI is InChI=1S/C31H35N5O5/c1-31(2,3)41-30(38)36-21-8-6-20(7-9-21)29(37)35-22-14-25(39-23-10-4-19(18-32)5-11-23)16-26(15-22)40-24-12-13-27(33)28(34)17-24/h4-5,10-17,20-21H,6-9,33-34H2,1-3H3,(H,35,37)(H,36,38)/t20-,21-. The van der Waals surface area contributed by atoms with E-state index < -0.39 is 11.7 Å². The first kappa shape index (κ1) is 29.1. The van der Waals surface area contributed by atoms with Gasteiger partial charge in [-0.05, 0) is 82.9 Å². The van der Waals surface area contributed by atoms with Crippen molar-refractivity contribution in [3.63, 3.8) is 0 Å². The monoisotopic (exact) mass is 557 g/mol. The predicted octanol–water partition coefficient (Wildman–Crippen LogP) is 6.33. The average Bonchev–Trinajstić information content (AvgIpc) is 2.90. The van der Waals surface area contributed by atoms with E-state index in [1.165, 1.54) is 0 Å². The summed E-state index contributed by atoms with van der Waals surface area (Å²) in [5.41, 5.74) is 13.0. The molecule has 6 N–H and O–H groups in total. The highest BCUT2D eigenvalue weighted by Gasteiger charge is 2.28. The van der Waals surface area contributed by atoms with Crippen molar-refractivity contribution in [2.24, 2.45) is 5.92 Å². The molecule has 214 valence electrons. The van der Waals surface area contributed by atoms with E-state index in [9.17, 15) is 9.59 Å². The lowest BCUT2D eigenvalue weighted by atomic mass is 9.85. The van der Waals surface area contributed by atoms with Crippen LogP contribution in [0.25, 0.3) is 0 Å². The van der Waals surface area contributed by atoms with Crippen LogP contribution in [0.2, 0.25) is 0 Å². The molecule has 0 aromatic heterocycles. The second kappa shape index (κ2) is 12.5. The van der Waals surface area contributed by atoms with Crippen LogP contribution in [0.5, 0.6) is 23.0 Å². The number of benzene rings is 3. The first-order valence-electron chi connectivity index (χ1n) is 13.4. The van der Waals surface area contributed by atoms with E-state index in [-0.39, 0.29) is 17.9 Å². The molecule has 3 aromatic carbocycles. The smallest absolute Gasteiger partial charge is 0.407 e. The largest absolute Gasteiger partial charge is 0.457 e. The average molecular weight is 558 g/mol. The van der Waals surface area contributed by atoms with Crippen LogP contribution in [0.4, 0.5) is 21.9 Å². The van der Waals surface area contributed by atoms with Crippen molar-refractivity contribution in [1.29, 1.82) is 5.26 Å². The number of amides is 2. The van der Waals surface area contributed by atoms with Gasteiger partial charge >= 0.3 is 6.09 Å². The summed E-state index contributed by atoms with van der Waals surface area (Å²) in [4.78, 5) is 25.3. The first-order valence-corrected chi connectivity index (χ1v) is 13.4. The van der Waals surface area contributed by atoms with Crippen molar-refractivity contribution >= 4 is 29.1 Å². The van der Waals surface area contributed by atoms with E-state index in [1.54, 1.807) is 60.7 Å². The van der Waals surface area contributed by atoms with Crippen molar-refractivity contribution in [2.45, 2.75) is 58.1 Å². The summed E-state index contributed by atoms with van der Waals surface area (Å²) in [5, 5.41) is 15.0. The molecule has 1 saturated carbocycles. The Hall–Kier alpha value is -4.91. The van der Waals surface area contributed by atoms with Gasteiger partial charge in [0.1, 0.15) is 28.6 Å². The van der Waals surface area contributed by atoms with Gasteiger partial charge in [0.2, 0.25) is 5.91 Å². The van der Waals surface area contributed by atoms with Gasteiger partial charge < -0.3 is 36.3 Å². The Balaban J connectivity index is 1.46. The minimum atomic E-state index is -0.567. The minimum Gasteiger partial charge on any atom is -0.457 e. The maximum Gasteiger partial charge on any atom is 0.407 e. The molecule has 0 unspecified atom stereocenters. The molecule has 4 rings (SSSR count). The number of hydrogen-bond acceptors (Lipinski definition) is 8. The number of hydrogen-bond donors (Lipinski definition) is 4. The summed E-state index contributed by atoms with van der Waals surface area (Å²) in [7, 11) is 0. The summed E-state index contributed by atoms with van der Waals surface area (Å²) >= 11 is 0. The molecule has 2 amide bonds. The van der Waals surface area contributed by atoms with Gasteiger partial charge in [0.25, 0.3) is 0 Å².